The highest BCUT2D eigenvalue weighted by Crippen LogP contribution is 2.21. The lowest BCUT2D eigenvalue weighted by atomic mass is 10.1. The van der Waals surface area contributed by atoms with Gasteiger partial charge in [-0.2, -0.15) is 0 Å². The fourth-order valence-electron chi connectivity index (χ4n) is 2.26. The van der Waals surface area contributed by atoms with Gasteiger partial charge in [-0.25, -0.2) is 0 Å². The summed E-state index contributed by atoms with van der Waals surface area (Å²) in [5, 5.41) is 0. The van der Waals surface area contributed by atoms with E-state index < -0.39 is 30.2 Å². The monoisotopic (exact) mass is 390 g/mol. The van der Waals surface area contributed by atoms with Crippen LogP contribution in [0.5, 0.6) is 0 Å². The first-order valence-electron chi connectivity index (χ1n) is 6.85. The lowest BCUT2D eigenvalue weighted by Gasteiger charge is -2.13. The Bertz CT molecular complexity index is 826. The Morgan fingerprint density at radius 1 is 1.08 bits per heavy atom. The van der Waals surface area contributed by atoms with Crippen LogP contribution in [-0.2, 0) is 4.79 Å². The summed E-state index contributed by atoms with van der Waals surface area (Å²) in [7, 11) is 0. The summed E-state index contributed by atoms with van der Waals surface area (Å²) in [6.45, 7) is -0.485. The van der Waals surface area contributed by atoms with Gasteiger partial charge in [-0.15, -0.1) is 0 Å². The van der Waals surface area contributed by atoms with Crippen molar-refractivity contribution < 1.29 is 19.2 Å². The summed E-state index contributed by atoms with van der Waals surface area (Å²) in [6, 6.07) is 7.87. The van der Waals surface area contributed by atoms with Gasteiger partial charge in [-0.05, 0) is 34.1 Å². The van der Waals surface area contributed by atoms with E-state index in [0.717, 1.165) is 4.90 Å². The van der Waals surface area contributed by atoms with E-state index in [1.165, 1.54) is 18.2 Å². The first kappa shape index (κ1) is 15.9. The van der Waals surface area contributed by atoms with Crippen LogP contribution >= 0.6 is 15.9 Å². The second-order valence-electron chi connectivity index (χ2n) is 4.98. The zero-order chi connectivity index (χ0) is 17.3. The van der Waals surface area contributed by atoms with Crippen LogP contribution < -0.4 is 10.9 Å². The van der Waals surface area contributed by atoms with Gasteiger partial charge in [0.1, 0.15) is 12.2 Å². The van der Waals surface area contributed by atoms with E-state index in [9.17, 15) is 19.2 Å². The third kappa shape index (κ3) is 2.93. The molecule has 1 aliphatic rings. The molecule has 4 amide bonds. The molecule has 8 nitrogen and oxygen atoms in total. The third-order valence-electron chi connectivity index (χ3n) is 3.39. The van der Waals surface area contributed by atoms with Crippen molar-refractivity contribution in [1.29, 1.82) is 0 Å². The van der Waals surface area contributed by atoms with E-state index in [2.05, 4.69) is 31.8 Å². The molecule has 9 heteroatoms. The van der Waals surface area contributed by atoms with E-state index in [0.29, 0.717) is 4.47 Å². The first-order valence-corrected chi connectivity index (χ1v) is 7.65. The molecule has 2 heterocycles. The van der Waals surface area contributed by atoms with Gasteiger partial charge in [-0.3, -0.25) is 34.9 Å². The van der Waals surface area contributed by atoms with Gasteiger partial charge in [0.25, 0.3) is 23.6 Å². The normalized spacial score (nSPS) is 13.0. The molecule has 0 fully saturated rings. The predicted octanol–water partition coefficient (Wildman–Crippen LogP) is 0.834. The number of halogens is 1. The van der Waals surface area contributed by atoms with Crippen molar-refractivity contribution in [2.75, 3.05) is 6.54 Å². The highest BCUT2D eigenvalue weighted by molar-refractivity contribution is 9.10. The molecule has 1 aliphatic heterocycles. The molecule has 2 aromatic rings. The summed E-state index contributed by atoms with van der Waals surface area (Å²) in [4.78, 5) is 51.5. The maximum Gasteiger partial charge on any atom is 0.286 e. The molecule has 3 rings (SSSR count). The number of nitrogens with one attached hydrogen (secondary N) is 3. The minimum Gasteiger partial charge on any atom is -0.356 e. The zero-order valence-corrected chi connectivity index (χ0v) is 13.7. The zero-order valence-electron chi connectivity index (χ0n) is 12.1. The summed E-state index contributed by atoms with van der Waals surface area (Å²) in [5.74, 6) is -2.32. The molecular formula is C15H11BrN4O4. The molecule has 0 saturated heterocycles. The average molecular weight is 391 g/mol. The number of H-pyrrole nitrogens is 1. The molecule has 1 aromatic heterocycles. The molecule has 0 spiro atoms. The summed E-state index contributed by atoms with van der Waals surface area (Å²) < 4.78 is 0.685. The number of fused-ring (bicyclic) bond motifs is 1. The van der Waals surface area contributed by atoms with Crippen LogP contribution in [0.15, 0.2) is 41.0 Å². The van der Waals surface area contributed by atoms with Gasteiger partial charge in [0.15, 0.2) is 0 Å². The molecule has 0 aliphatic carbocycles. The Balaban J connectivity index is 1.59. The van der Waals surface area contributed by atoms with Crippen LogP contribution in [0.1, 0.15) is 31.2 Å². The number of hydrogen-bond acceptors (Lipinski definition) is 4. The molecule has 122 valence electrons. The smallest absolute Gasteiger partial charge is 0.286 e. The van der Waals surface area contributed by atoms with Crippen molar-refractivity contribution in [2.45, 2.75) is 0 Å². The van der Waals surface area contributed by atoms with Crippen molar-refractivity contribution >= 4 is 39.6 Å². The van der Waals surface area contributed by atoms with Crippen molar-refractivity contribution in [1.82, 2.24) is 20.7 Å². The molecule has 3 N–H and O–H groups in total. The van der Waals surface area contributed by atoms with Crippen molar-refractivity contribution in [2.24, 2.45) is 0 Å². The fourth-order valence-corrected chi connectivity index (χ4v) is 2.60. The molecule has 0 atom stereocenters. The summed E-state index contributed by atoms with van der Waals surface area (Å²) >= 11 is 3.19. The second-order valence-corrected chi connectivity index (χ2v) is 5.89. The highest BCUT2D eigenvalue weighted by Gasteiger charge is 2.36. The molecule has 24 heavy (non-hydrogen) atoms. The third-order valence-corrected chi connectivity index (χ3v) is 3.85. The van der Waals surface area contributed by atoms with E-state index in [1.807, 2.05) is 0 Å². The largest absolute Gasteiger partial charge is 0.356 e. The predicted molar refractivity (Wildman–Crippen MR) is 85.9 cm³/mol. The molecule has 0 radical (unpaired) electrons. The minimum absolute atomic E-state index is 0.239. The number of carbonyl (C=O) groups excluding carboxylic acids is 4. The van der Waals surface area contributed by atoms with Crippen LogP contribution in [0.2, 0.25) is 0 Å². The number of imide groups is 1. The fraction of sp³-hybridized carbons (Fsp3) is 0.0667. The first-order chi connectivity index (χ1) is 11.5. The van der Waals surface area contributed by atoms with Crippen LogP contribution in [-0.4, -0.2) is 40.1 Å². The average Bonchev–Trinajstić information content (AvgIpc) is 3.11. The van der Waals surface area contributed by atoms with E-state index >= 15 is 0 Å². The maximum atomic E-state index is 12.1. The van der Waals surface area contributed by atoms with Crippen LogP contribution in [0, 0.1) is 0 Å². The molecule has 1 aromatic carbocycles. The van der Waals surface area contributed by atoms with Crippen molar-refractivity contribution in [3.05, 3.63) is 57.8 Å². The summed E-state index contributed by atoms with van der Waals surface area (Å²) in [6.07, 6.45) is 1.57. The maximum absolute atomic E-state index is 12.1. The van der Waals surface area contributed by atoms with Crippen LogP contribution in [0.3, 0.4) is 0 Å². The number of hydrazine groups is 1. The second kappa shape index (κ2) is 6.28. The van der Waals surface area contributed by atoms with E-state index in [-0.39, 0.29) is 16.8 Å². The molecule has 0 bridgehead atoms. The van der Waals surface area contributed by atoms with Gasteiger partial charge < -0.3 is 4.98 Å². The number of carbonyl (C=O) groups is 4. The molecular weight excluding hydrogens is 380 g/mol. The van der Waals surface area contributed by atoms with Gasteiger partial charge >= 0.3 is 0 Å². The molecule has 0 unspecified atom stereocenters. The number of rotatable bonds is 3. The van der Waals surface area contributed by atoms with Gasteiger partial charge in [0.05, 0.1) is 11.1 Å². The van der Waals surface area contributed by atoms with E-state index in [4.69, 9.17) is 0 Å². The van der Waals surface area contributed by atoms with Crippen molar-refractivity contribution in [3.63, 3.8) is 0 Å². The number of aromatic nitrogens is 1. The Kier molecular flexibility index (Phi) is 4.17. The van der Waals surface area contributed by atoms with Gasteiger partial charge in [0.2, 0.25) is 0 Å². The quantitative estimate of drug-likeness (QED) is 0.532. The Labute approximate surface area is 144 Å². The highest BCUT2D eigenvalue weighted by atomic mass is 79.9. The van der Waals surface area contributed by atoms with Crippen LogP contribution in [0.4, 0.5) is 0 Å². The number of benzene rings is 1. The standard InChI is InChI=1S/C15H11BrN4O4/c16-8-5-11(17-6-8)13(22)19-18-12(21)7-20-14(23)9-3-1-2-4-10(9)15(20)24/h1-6,17H,7H2,(H,18,21)(H,19,22). The van der Waals surface area contributed by atoms with E-state index in [1.54, 1.807) is 18.3 Å². The number of hydrogen-bond donors (Lipinski definition) is 3. The number of amides is 4. The summed E-state index contributed by atoms with van der Waals surface area (Å²) in [5.41, 5.74) is 5.12. The molecule has 0 saturated carbocycles. The Hall–Kier alpha value is -2.94. The number of nitrogens with zero attached hydrogens (tertiary/aromatic N) is 1. The lowest BCUT2D eigenvalue weighted by Crippen LogP contribution is -2.47. The topological polar surface area (TPSA) is 111 Å². The number of aromatic amines is 1. The van der Waals surface area contributed by atoms with Crippen LogP contribution in [0.25, 0.3) is 0 Å². The Morgan fingerprint density at radius 3 is 2.25 bits per heavy atom. The minimum atomic E-state index is -0.691. The Morgan fingerprint density at radius 2 is 1.71 bits per heavy atom. The van der Waals surface area contributed by atoms with Crippen molar-refractivity contribution in [3.8, 4) is 0 Å². The lowest BCUT2D eigenvalue weighted by molar-refractivity contribution is -0.122. The van der Waals surface area contributed by atoms with Gasteiger partial charge in [0, 0.05) is 10.7 Å². The van der Waals surface area contributed by atoms with Gasteiger partial charge in [-0.1, -0.05) is 12.1 Å². The SMILES string of the molecule is O=C(CN1C(=O)c2ccccc2C1=O)NNC(=O)c1cc(Br)c[nH]1.